The number of nitrogen functional groups attached to an aromatic ring is 2. The molecule has 78 valence electrons. The second-order valence-electron chi connectivity index (χ2n) is 3.17. The molecule has 2 nitrogen and oxygen atoms in total. The van der Waals surface area contributed by atoms with E-state index in [1.54, 1.807) is 0 Å². The van der Waals surface area contributed by atoms with Gasteiger partial charge in [0.15, 0.2) is 0 Å². The maximum Gasteiger partial charge on any atom is 0.0408 e. The van der Waals surface area contributed by atoms with E-state index >= 15 is 0 Å². The Labute approximate surface area is 95.9 Å². The molecule has 0 unspecified atom stereocenters. The predicted molar refractivity (Wildman–Crippen MR) is 70.0 cm³/mol. The van der Waals surface area contributed by atoms with Crippen molar-refractivity contribution in [3.63, 3.8) is 0 Å². The quantitative estimate of drug-likeness (QED) is 0.474. The first-order chi connectivity index (χ1) is 6.65. The lowest BCUT2D eigenvalue weighted by Crippen LogP contribution is -2.05. The van der Waals surface area contributed by atoms with Gasteiger partial charge >= 0.3 is 0 Å². The molecule has 0 atom stereocenters. The van der Waals surface area contributed by atoms with Crippen LogP contribution in [0.4, 0.5) is 11.4 Å². The number of hydrogen-bond donors (Lipinski definition) is 4. The highest BCUT2D eigenvalue weighted by atomic mass is 32.1. The van der Waals surface area contributed by atoms with Crippen molar-refractivity contribution in [3.8, 4) is 0 Å². The highest BCUT2D eigenvalue weighted by molar-refractivity contribution is 7.79. The molecule has 0 saturated heterocycles. The fraction of sp³-hybridized carbons (Fsp3) is 0.400. The first-order valence-electron chi connectivity index (χ1n) is 4.55. The zero-order chi connectivity index (χ0) is 10.7. The maximum atomic E-state index is 5.97. The van der Waals surface area contributed by atoms with Crippen molar-refractivity contribution in [3.05, 3.63) is 22.8 Å². The van der Waals surface area contributed by atoms with Crippen LogP contribution in [-0.2, 0) is 17.9 Å². The minimum absolute atomic E-state index is 0.639. The average Bonchev–Trinajstić information content (AvgIpc) is 2.19. The van der Waals surface area contributed by atoms with Crippen molar-refractivity contribution in [2.45, 2.75) is 24.9 Å². The third-order valence-electron chi connectivity index (χ3n) is 2.38. The summed E-state index contributed by atoms with van der Waals surface area (Å²) in [4.78, 5) is 0. The monoisotopic (exact) mass is 228 g/mol. The van der Waals surface area contributed by atoms with Crippen molar-refractivity contribution < 1.29 is 0 Å². The van der Waals surface area contributed by atoms with Crippen LogP contribution in [0.5, 0.6) is 0 Å². The molecule has 0 saturated carbocycles. The van der Waals surface area contributed by atoms with E-state index in [-0.39, 0.29) is 0 Å². The van der Waals surface area contributed by atoms with E-state index in [4.69, 9.17) is 11.5 Å². The van der Waals surface area contributed by atoms with Crippen LogP contribution < -0.4 is 11.5 Å². The first-order valence-corrected chi connectivity index (χ1v) is 5.82. The van der Waals surface area contributed by atoms with E-state index < -0.39 is 0 Å². The van der Waals surface area contributed by atoms with Crippen LogP contribution in [0.2, 0.25) is 0 Å². The van der Waals surface area contributed by atoms with E-state index in [1.165, 1.54) is 0 Å². The van der Waals surface area contributed by atoms with Crippen LogP contribution in [0.1, 0.15) is 23.6 Å². The third kappa shape index (κ3) is 1.96. The van der Waals surface area contributed by atoms with Crippen LogP contribution in [-0.4, -0.2) is 0 Å². The Morgan fingerprint density at radius 3 is 1.79 bits per heavy atom. The Balaban J connectivity index is 3.39. The minimum atomic E-state index is 0.639. The zero-order valence-corrected chi connectivity index (χ0v) is 10.0. The minimum Gasteiger partial charge on any atom is -0.398 e. The summed E-state index contributed by atoms with van der Waals surface area (Å²) in [6, 6.07) is 1.99. The lowest BCUT2D eigenvalue weighted by Gasteiger charge is -2.15. The fourth-order valence-corrected chi connectivity index (χ4v) is 2.06. The van der Waals surface area contributed by atoms with Gasteiger partial charge in [0.2, 0.25) is 0 Å². The number of nitrogens with two attached hydrogens (primary N) is 2. The number of benzene rings is 1. The Bertz CT molecular complexity index is 309. The summed E-state index contributed by atoms with van der Waals surface area (Å²) in [7, 11) is 0. The zero-order valence-electron chi connectivity index (χ0n) is 8.25. The van der Waals surface area contributed by atoms with Gasteiger partial charge in [-0.3, -0.25) is 0 Å². The van der Waals surface area contributed by atoms with E-state index in [1.807, 2.05) is 13.0 Å². The molecule has 4 heteroatoms. The SMILES string of the molecule is CCc1c(N)c(CS)cc(CS)c1N. The van der Waals surface area contributed by atoms with Crippen molar-refractivity contribution in [1.82, 2.24) is 0 Å². The molecule has 0 fully saturated rings. The van der Waals surface area contributed by atoms with Gasteiger partial charge in [0.1, 0.15) is 0 Å². The summed E-state index contributed by atoms with van der Waals surface area (Å²) in [5.74, 6) is 1.28. The molecular weight excluding hydrogens is 212 g/mol. The van der Waals surface area contributed by atoms with E-state index in [0.717, 1.165) is 34.5 Å². The Hall–Kier alpha value is -0.480. The molecule has 0 aromatic heterocycles. The van der Waals surface area contributed by atoms with Gasteiger partial charge in [-0.25, -0.2) is 0 Å². The Morgan fingerprint density at radius 2 is 1.50 bits per heavy atom. The normalized spacial score (nSPS) is 10.5. The van der Waals surface area contributed by atoms with Crippen molar-refractivity contribution in [1.29, 1.82) is 0 Å². The van der Waals surface area contributed by atoms with Crippen LogP contribution in [0.25, 0.3) is 0 Å². The van der Waals surface area contributed by atoms with Crippen molar-refractivity contribution >= 4 is 36.6 Å². The highest BCUT2D eigenvalue weighted by Gasteiger charge is 2.10. The second-order valence-corrected chi connectivity index (χ2v) is 3.80. The molecule has 0 heterocycles. The van der Waals surface area contributed by atoms with Crippen LogP contribution in [0.3, 0.4) is 0 Å². The molecule has 0 aliphatic carbocycles. The number of rotatable bonds is 3. The summed E-state index contributed by atoms with van der Waals surface area (Å²) in [6.45, 7) is 2.05. The molecule has 1 rings (SSSR count). The van der Waals surface area contributed by atoms with Crippen LogP contribution in [0.15, 0.2) is 6.07 Å². The van der Waals surface area contributed by atoms with Crippen LogP contribution in [0, 0.1) is 0 Å². The molecule has 0 aliphatic heterocycles. The van der Waals surface area contributed by atoms with Gasteiger partial charge in [-0.2, -0.15) is 25.3 Å². The average molecular weight is 228 g/mol. The summed E-state index contributed by atoms with van der Waals surface area (Å²) >= 11 is 8.48. The van der Waals surface area contributed by atoms with E-state index in [9.17, 15) is 0 Å². The molecule has 4 N–H and O–H groups in total. The fourth-order valence-electron chi connectivity index (χ4n) is 1.54. The summed E-state index contributed by atoms with van der Waals surface area (Å²) in [5.41, 5.74) is 16.6. The predicted octanol–water partition coefficient (Wildman–Crippen LogP) is 2.27. The van der Waals surface area contributed by atoms with Gasteiger partial charge in [0.05, 0.1) is 0 Å². The lowest BCUT2D eigenvalue weighted by molar-refractivity contribution is 1.13. The van der Waals surface area contributed by atoms with E-state index in [0.29, 0.717) is 11.5 Å². The molecule has 14 heavy (non-hydrogen) atoms. The topological polar surface area (TPSA) is 52.0 Å². The van der Waals surface area contributed by atoms with Gasteiger partial charge in [0, 0.05) is 22.9 Å². The number of anilines is 2. The maximum absolute atomic E-state index is 5.97. The first kappa shape index (κ1) is 11.6. The lowest BCUT2D eigenvalue weighted by atomic mass is 10.00. The number of thiol groups is 2. The summed E-state index contributed by atoms with van der Waals surface area (Å²) in [5, 5.41) is 0. The molecule has 1 aromatic carbocycles. The largest absolute Gasteiger partial charge is 0.398 e. The van der Waals surface area contributed by atoms with Gasteiger partial charge in [-0.1, -0.05) is 13.0 Å². The van der Waals surface area contributed by atoms with Gasteiger partial charge in [-0.05, 0) is 23.1 Å². The van der Waals surface area contributed by atoms with E-state index in [2.05, 4.69) is 25.3 Å². The molecule has 1 aromatic rings. The molecule has 0 amide bonds. The molecule has 0 radical (unpaired) electrons. The van der Waals surface area contributed by atoms with Gasteiger partial charge < -0.3 is 11.5 Å². The second kappa shape index (κ2) is 4.84. The summed E-state index contributed by atoms with van der Waals surface area (Å²) < 4.78 is 0. The third-order valence-corrected chi connectivity index (χ3v) is 3.07. The standard InChI is InChI=1S/C10H16N2S2/c1-2-8-9(11)6(4-13)3-7(5-14)10(8)12/h3,13-14H,2,4-5,11-12H2,1H3. The summed E-state index contributed by atoms with van der Waals surface area (Å²) in [6.07, 6.45) is 0.847. The smallest absolute Gasteiger partial charge is 0.0408 e. The van der Waals surface area contributed by atoms with Crippen molar-refractivity contribution in [2.75, 3.05) is 11.5 Å². The van der Waals surface area contributed by atoms with Gasteiger partial charge in [0.25, 0.3) is 0 Å². The highest BCUT2D eigenvalue weighted by Crippen LogP contribution is 2.30. The Morgan fingerprint density at radius 1 is 1.07 bits per heavy atom. The number of hydrogen-bond acceptors (Lipinski definition) is 4. The van der Waals surface area contributed by atoms with Crippen molar-refractivity contribution in [2.24, 2.45) is 0 Å². The Kier molecular flexibility index (Phi) is 4.01. The molecular formula is C10H16N2S2. The molecule has 0 bridgehead atoms. The van der Waals surface area contributed by atoms with Gasteiger partial charge in [-0.15, -0.1) is 0 Å². The molecule has 0 spiro atoms. The molecule has 0 aliphatic rings. The van der Waals surface area contributed by atoms with Crippen LogP contribution >= 0.6 is 25.3 Å².